The average Bonchev–Trinajstić information content (AvgIpc) is 1.88. The summed E-state index contributed by atoms with van der Waals surface area (Å²) in [6, 6.07) is 0. The van der Waals surface area contributed by atoms with Crippen molar-refractivity contribution in [2.45, 2.75) is 27.2 Å². The van der Waals surface area contributed by atoms with Crippen LogP contribution in [0.25, 0.3) is 0 Å². The van der Waals surface area contributed by atoms with E-state index in [9.17, 15) is 0 Å². The molecule has 0 saturated carbocycles. The van der Waals surface area contributed by atoms with E-state index in [1.54, 1.807) is 0 Å². The molecule has 0 amide bonds. The van der Waals surface area contributed by atoms with E-state index in [4.69, 9.17) is 0 Å². The van der Waals surface area contributed by atoms with Gasteiger partial charge in [0.2, 0.25) is 0 Å². The van der Waals surface area contributed by atoms with Crippen molar-refractivity contribution in [3.63, 3.8) is 0 Å². The lowest BCUT2D eigenvalue weighted by atomic mass is 10.2. The lowest BCUT2D eigenvalue weighted by molar-refractivity contribution is 0.877. The predicted molar refractivity (Wildman–Crippen MR) is 46.9 cm³/mol. The summed E-state index contributed by atoms with van der Waals surface area (Å²) in [7, 11) is 0. The molecule has 1 heteroatoms. The van der Waals surface area contributed by atoms with E-state index in [2.05, 4.69) is 38.7 Å². The summed E-state index contributed by atoms with van der Waals surface area (Å²) in [5, 5.41) is 3.14. The van der Waals surface area contributed by atoms with Crippen LogP contribution in [0.2, 0.25) is 0 Å². The number of rotatable bonds is 4. The Morgan fingerprint density at radius 1 is 1.50 bits per heavy atom. The lowest BCUT2D eigenvalue weighted by Gasteiger charge is -2.02. The summed E-state index contributed by atoms with van der Waals surface area (Å²) in [6.07, 6.45) is 3.19. The predicted octanol–water partition coefficient (Wildman–Crippen LogP) is 2.47. The SMILES string of the molecule is C=C(/C=C(\C)CC)NCC. The second-order valence-corrected chi connectivity index (χ2v) is 2.40. The first kappa shape index (κ1) is 9.28. The zero-order valence-corrected chi connectivity index (χ0v) is 7.20. The van der Waals surface area contributed by atoms with E-state index >= 15 is 0 Å². The molecule has 0 unspecified atom stereocenters. The van der Waals surface area contributed by atoms with E-state index in [-0.39, 0.29) is 0 Å². The first-order valence-electron chi connectivity index (χ1n) is 3.80. The molecule has 10 heavy (non-hydrogen) atoms. The van der Waals surface area contributed by atoms with Crippen LogP contribution in [-0.2, 0) is 0 Å². The highest BCUT2D eigenvalue weighted by molar-refractivity contribution is 5.17. The molecule has 0 aromatic carbocycles. The van der Waals surface area contributed by atoms with Gasteiger partial charge in [0.25, 0.3) is 0 Å². The van der Waals surface area contributed by atoms with Gasteiger partial charge in [-0.3, -0.25) is 0 Å². The molecule has 58 valence electrons. The lowest BCUT2D eigenvalue weighted by Crippen LogP contribution is -2.08. The first-order valence-corrected chi connectivity index (χ1v) is 3.80. The van der Waals surface area contributed by atoms with Gasteiger partial charge >= 0.3 is 0 Å². The summed E-state index contributed by atoms with van der Waals surface area (Å²) in [5.41, 5.74) is 2.38. The molecule has 0 aliphatic heterocycles. The summed E-state index contributed by atoms with van der Waals surface area (Å²) >= 11 is 0. The third-order valence-corrected chi connectivity index (χ3v) is 1.38. The quantitative estimate of drug-likeness (QED) is 0.590. The maximum atomic E-state index is 3.84. The van der Waals surface area contributed by atoms with Crippen molar-refractivity contribution in [1.82, 2.24) is 5.32 Å². The van der Waals surface area contributed by atoms with Gasteiger partial charge in [0.1, 0.15) is 0 Å². The molecule has 0 fully saturated rings. The monoisotopic (exact) mass is 139 g/mol. The molecule has 0 saturated heterocycles. The van der Waals surface area contributed by atoms with Crippen LogP contribution in [0.5, 0.6) is 0 Å². The highest BCUT2D eigenvalue weighted by atomic mass is 14.9. The summed E-state index contributed by atoms with van der Waals surface area (Å²) in [6.45, 7) is 11.1. The number of nitrogens with one attached hydrogen (secondary N) is 1. The summed E-state index contributed by atoms with van der Waals surface area (Å²) in [4.78, 5) is 0. The normalized spacial score (nSPS) is 11.3. The zero-order valence-electron chi connectivity index (χ0n) is 7.20. The van der Waals surface area contributed by atoms with Crippen LogP contribution in [0, 0.1) is 0 Å². The van der Waals surface area contributed by atoms with Crippen molar-refractivity contribution < 1.29 is 0 Å². The van der Waals surface area contributed by atoms with Crippen LogP contribution in [0.4, 0.5) is 0 Å². The fourth-order valence-electron chi connectivity index (χ4n) is 0.678. The van der Waals surface area contributed by atoms with E-state index in [0.29, 0.717) is 0 Å². The molecule has 0 aromatic rings. The van der Waals surface area contributed by atoms with Crippen molar-refractivity contribution in [3.05, 3.63) is 23.9 Å². The maximum absolute atomic E-state index is 3.84. The maximum Gasteiger partial charge on any atom is 0.0266 e. The Balaban J connectivity index is 3.75. The van der Waals surface area contributed by atoms with E-state index in [1.165, 1.54) is 5.57 Å². The molecule has 1 N–H and O–H groups in total. The van der Waals surface area contributed by atoms with Crippen LogP contribution < -0.4 is 5.32 Å². The molecule has 0 radical (unpaired) electrons. The van der Waals surface area contributed by atoms with Crippen molar-refractivity contribution >= 4 is 0 Å². The van der Waals surface area contributed by atoms with E-state index < -0.39 is 0 Å². The van der Waals surface area contributed by atoms with Crippen molar-refractivity contribution in [3.8, 4) is 0 Å². The Hall–Kier alpha value is -0.720. The molecule has 0 aromatic heterocycles. The molecule has 0 bridgehead atoms. The molecule has 0 aliphatic rings. The highest BCUT2D eigenvalue weighted by Gasteiger charge is 1.86. The molecule has 0 aliphatic carbocycles. The fourth-order valence-corrected chi connectivity index (χ4v) is 0.678. The van der Waals surface area contributed by atoms with Gasteiger partial charge in [-0.25, -0.2) is 0 Å². The van der Waals surface area contributed by atoms with Gasteiger partial charge in [0, 0.05) is 12.2 Å². The van der Waals surface area contributed by atoms with Gasteiger partial charge in [0.05, 0.1) is 0 Å². The zero-order chi connectivity index (χ0) is 7.98. The Kier molecular flexibility index (Phi) is 4.73. The van der Waals surface area contributed by atoms with E-state index in [1.807, 2.05) is 0 Å². The molecule has 0 heterocycles. The molecule has 1 nitrogen and oxygen atoms in total. The minimum absolute atomic E-state index is 0.951. The van der Waals surface area contributed by atoms with Gasteiger partial charge in [-0.05, 0) is 26.3 Å². The molecular formula is C9H17N. The molecule has 0 rings (SSSR count). The largest absolute Gasteiger partial charge is 0.386 e. The number of hydrogen-bond acceptors (Lipinski definition) is 1. The Labute approximate surface area is 63.8 Å². The smallest absolute Gasteiger partial charge is 0.0266 e. The van der Waals surface area contributed by atoms with Crippen LogP contribution >= 0.6 is 0 Å². The topological polar surface area (TPSA) is 12.0 Å². The van der Waals surface area contributed by atoms with Gasteiger partial charge in [0.15, 0.2) is 0 Å². The average molecular weight is 139 g/mol. The van der Waals surface area contributed by atoms with Crippen molar-refractivity contribution in [1.29, 1.82) is 0 Å². The van der Waals surface area contributed by atoms with Crippen LogP contribution in [0.3, 0.4) is 0 Å². The van der Waals surface area contributed by atoms with Crippen molar-refractivity contribution in [2.24, 2.45) is 0 Å². The molecular weight excluding hydrogens is 122 g/mol. The van der Waals surface area contributed by atoms with Gasteiger partial charge in [-0.15, -0.1) is 0 Å². The second-order valence-electron chi connectivity index (χ2n) is 2.40. The molecule has 0 atom stereocenters. The van der Waals surface area contributed by atoms with Crippen LogP contribution in [0.15, 0.2) is 23.9 Å². The van der Waals surface area contributed by atoms with Gasteiger partial charge < -0.3 is 5.32 Å². The third kappa shape index (κ3) is 4.19. The third-order valence-electron chi connectivity index (χ3n) is 1.38. The summed E-state index contributed by atoms with van der Waals surface area (Å²) < 4.78 is 0. The minimum Gasteiger partial charge on any atom is -0.386 e. The van der Waals surface area contributed by atoms with Crippen LogP contribution in [0.1, 0.15) is 27.2 Å². The fraction of sp³-hybridized carbons (Fsp3) is 0.556. The standard InChI is InChI=1S/C9H17N/c1-5-8(3)7-9(4)10-6-2/h7,10H,4-6H2,1-3H3/b8-7+. The van der Waals surface area contributed by atoms with Crippen molar-refractivity contribution in [2.75, 3.05) is 6.54 Å². The Morgan fingerprint density at radius 3 is 2.50 bits per heavy atom. The van der Waals surface area contributed by atoms with E-state index in [0.717, 1.165) is 18.7 Å². The number of allylic oxidation sites excluding steroid dienone is 2. The summed E-state index contributed by atoms with van der Waals surface area (Å²) in [5.74, 6) is 0. The van der Waals surface area contributed by atoms with Crippen LogP contribution in [-0.4, -0.2) is 6.54 Å². The highest BCUT2D eigenvalue weighted by Crippen LogP contribution is 2.00. The van der Waals surface area contributed by atoms with Gasteiger partial charge in [-0.1, -0.05) is 19.1 Å². The number of hydrogen-bond donors (Lipinski definition) is 1. The first-order chi connectivity index (χ1) is 4.70. The van der Waals surface area contributed by atoms with Gasteiger partial charge in [-0.2, -0.15) is 0 Å². The number of likely N-dealkylation sites (N-methyl/N-ethyl adjacent to an activating group) is 1. The minimum atomic E-state index is 0.951. The molecule has 0 spiro atoms. The second kappa shape index (κ2) is 5.10. The Bertz CT molecular complexity index is 134. The Morgan fingerprint density at radius 2 is 2.10 bits per heavy atom.